The second-order valence-corrected chi connectivity index (χ2v) is 12.0. The summed E-state index contributed by atoms with van der Waals surface area (Å²) in [5, 5.41) is 2.57. The molecule has 1 fully saturated rings. The van der Waals surface area contributed by atoms with Crippen molar-refractivity contribution in [3.8, 4) is 22.6 Å². The molecule has 1 aliphatic heterocycles. The van der Waals surface area contributed by atoms with E-state index in [1.54, 1.807) is 0 Å². The summed E-state index contributed by atoms with van der Waals surface area (Å²) in [6, 6.07) is 12.7. The molecule has 1 unspecified atom stereocenters. The third-order valence-corrected chi connectivity index (χ3v) is 9.05. The fourth-order valence-corrected chi connectivity index (χ4v) is 6.60. The van der Waals surface area contributed by atoms with E-state index in [-0.39, 0.29) is 47.2 Å². The number of amides is 1. The predicted octanol–water partition coefficient (Wildman–Crippen LogP) is 6.46. The summed E-state index contributed by atoms with van der Waals surface area (Å²) in [7, 11) is -4.16. The maximum atomic E-state index is 13.8. The molecule has 5 rings (SSSR count). The van der Waals surface area contributed by atoms with Gasteiger partial charge in [0, 0.05) is 17.7 Å². The SMILES string of the molecule is O=C(NCc1cc(-c2ccc(C(F)(F)F)cc2)nc(-c2ccccc2C(F)(F)F)n1)C1CCCN1S(=O)(=O)c1ccc(F)cc1. The van der Waals surface area contributed by atoms with Crippen molar-refractivity contribution in [2.24, 2.45) is 0 Å². The highest BCUT2D eigenvalue weighted by Gasteiger charge is 2.39. The minimum Gasteiger partial charge on any atom is -0.349 e. The van der Waals surface area contributed by atoms with Gasteiger partial charge in [-0.05, 0) is 61.4 Å². The fraction of sp³-hybridized carbons (Fsp3) is 0.233. The third kappa shape index (κ3) is 6.99. The van der Waals surface area contributed by atoms with Gasteiger partial charge in [-0.25, -0.2) is 22.8 Å². The number of sulfonamides is 1. The van der Waals surface area contributed by atoms with Crippen molar-refractivity contribution in [1.82, 2.24) is 19.6 Å². The number of aromatic nitrogens is 2. The van der Waals surface area contributed by atoms with E-state index in [0.717, 1.165) is 65.0 Å². The topological polar surface area (TPSA) is 92.3 Å². The van der Waals surface area contributed by atoms with Crippen molar-refractivity contribution >= 4 is 15.9 Å². The number of rotatable bonds is 7. The molecule has 4 aromatic rings. The number of halogens is 7. The zero-order valence-corrected chi connectivity index (χ0v) is 23.8. The maximum Gasteiger partial charge on any atom is 0.417 e. The lowest BCUT2D eigenvalue weighted by Gasteiger charge is -2.23. The van der Waals surface area contributed by atoms with Crippen LogP contribution in [0.1, 0.15) is 29.7 Å². The quantitative estimate of drug-likeness (QED) is 0.232. The summed E-state index contributed by atoms with van der Waals surface area (Å²) in [6.07, 6.45) is -8.85. The first-order valence-corrected chi connectivity index (χ1v) is 14.9. The van der Waals surface area contributed by atoms with Crippen LogP contribution in [0.25, 0.3) is 22.6 Å². The third-order valence-electron chi connectivity index (χ3n) is 7.13. The Labute approximate surface area is 252 Å². The van der Waals surface area contributed by atoms with E-state index >= 15 is 0 Å². The Morgan fingerprint density at radius 2 is 1.56 bits per heavy atom. The second-order valence-electron chi connectivity index (χ2n) is 10.1. The van der Waals surface area contributed by atoms with E-state index in [0.29, 0.717) is 6.42 Å². The molecule has 1 N–H and O–H groups in total. The first kappa shape index (κ1) is 32.0. The second kappa shape index (κ2) is 12.2. The molecule has 7 nitrogen and oxygen atoms in total. The van der Waals surface area contributed by atoms with Crippen LogP contribution in [0.2, 0.25) is 0 Å². The molecule has 1 saturated heterocycles. The summed E-state index contributed by atoms with van der Waals surface area (Å²) in [4.78, 5) is 21.4. The number of hydrogen-bond donors (Lipinski definition) is 1. The van der Waals surface area contributed by atoms with Crippen LogP contribution in [0.5, 0.6) is 0 Å². The number of nitrogens with zero attached hydrogens (tertiary/aromatic N) is 3. The molecule has 0 spiro atoms. The van der Waals surface area contributed by atoms with Crippen molar-refractivity contribution in [1.29, 1.82) is 0 Å². The van der Waals surface area contributed by atoms with Gasteiger partial charge >= 0.3 is 12.4 Å². The summed E-state index contributed by atoms with van der Waals surface area (Å²) in [6.45, 7) is -0.334. The van der Waals surface area contributed by atoms with Gasteiger partial charge in [-0.15, -0.1) is 0 Å². The number of benzene rings is 3. The lowest BCUT2D eigenvalue weighted by atomic mass is 10.0. The highest BCUT2D eigenvalue weighted by atomic mass is 32.2. The first-order chi connectivity index (χ1) is 21.1. The van der Waals surface area contributed by atoms with Crippen LogP contribution < -0.4 is 5.32 Å². The maximum absolute atomic E-state index is 13.8. The summed E-state index contributed by atoms with van der Waals surface area (Å²) in [5.41, 5.74) is -2.21. The molecule has 236 valence electrons. The van der Waals surface area contributed by atoms with E-state index < -0.39 is 56.8 Å². The Balaban J connectivity index is 1.46. The van der Waals surface area contributed by atoms with Crippen molar-refractivity contribution in [3.05, 3.63) is 102 Å². The summed E-state index contributed by atoms with van der Waals surface area (Å²) >= 11 is 0. The van der Waals surface area contributed by atoms with Crippen molar-refractivity contribution < 1.29 is 43.9 Å². The van der Waals surface area contributed by atoms with Gasteiger partial charge in [0.25, 0.3) is 0 Å². The van der Waals surface area contributed by atoms with Gasteiger partial charge in [-0.1, -0.05) is 30.3 Å². The van der Waals surface area contributed by atoms with Crippen LogP contribution in [-0.4, -0.2) is 41.2 Å². The zero-order valence-electron chi connectivity index (χ0n) is 23.0. The van der Waals surface area contributed by atoms with Gasteiger partial charge in [0.15, 0.2) is 5.82 Å². The molecule has 0 bridgehead atoms. The van der Waals surface area contributed by atoms with E-state index in [4.69, 9.17) is 0 Å². The lowest BCUT2D eigenvalue weighted by Crippen LogP contribution is -2.45. The molecular formula is C30H23F7N4O3S. The van der Waals surface area contributed by atoms with Crippen molar-refractivity contribution in [3.63, 3.8) is 0 Å². The van der Waals surface area contributed by atoms with Gasteiger partial charge in [-0.3, -0.25) is 4.79 Å². The van der Waals surface area contributed by atoms with E-state index in [9.17, 15) is 43.9 Å². The Hall–Kier alpha value is -4.37. The van der Waals surface area contributed by atoms with E-state index in [2.05, 4.69) is 15.3 Å². The van der Waals surface area contributed by atoms with Crippen molar-refractivity contribution in [2.45, 2.75) is 42.7 Å². The van der Waals surface area contributed by atoms with Crippen LogP contribution in [0.15, 0.2) is 83.8 Å². The Kier molecular flexibility index (Phi) is 8.68. The average molecular weight is 653 g/mol. The number of alkyl halides is 6. The lowest BCUT2D eigenvalue weighted by molar-refractivity contribution is -0.138. The molecule has 2 heterocycles. The normalized spacial score (nSPS) is 16.1. The molecule has 1 amide bonds. The standard InChI is InChI=1S/C30H23F7N4O3S/c31-20-11-13-22(14-12-20)45(43,44)41-15-3-6-26(41)28(42)38-17-21-16-25(18-7-9-19(10-8-18)29(32,33)34)40-27(39-21)23-4-1-2-5-24(23)30(35,36)37/h1-2,4-5,7-14,16,26H,3,6,15,17H2,(H,38,42). The minimum absolute atomic E-state index is 0.00340. The van der Waals surface area contributed by atoms with E-state index in [1.165, 1.54) is 18.2 Å². The Bertz CT molecular complexity index is 1810. The molecule has 0 saturated carbocycles. The monoisotopic (exact) mass is 652 g/mol. The molecule has 45 heavy (non-hydrogen) atoms. The minimum atomic E-state index is -4.78. The van der Waals surface area contributed by atoms with Crippen LogP contribution in [0.3, 0.4) is 0 Å². The molecular weight excluding hydrogens is 629 g/mol. The number of nitrogens with one attached hydrogen (secondary N) is 1. The van der Waals surface area contributed by atoms with Gasteiger partial charge < -0.3 is 5.32 Å². The van der Waals surface area contributed by atoms with Crippen molar-refractivity contribution in [2.75, 3.05) is 6.54 Å². The van der Waals surface area contributed by atoms with Gasteiger partial charge in [-0.2, -0.15) is 30.6 Å². The van der Waals surface area contributed by atoms with Crippen LogP contribution in [0, 0.1) is 5.82 Å². The Morgan fingerprint density at radius 1 is 0.889 bits per heavy atom. The predicted molar refractivity (Wildman–Crippen MR) is 148 cm³/mol. The molecule has 0 aliphatic carbocycles. The summed E-state index contributed by atoms with van der Waals surface area (Å²) < 4.78 is 122. The molecule has 3 aromatic carbocycles. The van der Waals surface area contributed by atoms with Gasteiger partial charge in [0.1, 0.15) is 11.9 Å². The molecule has 1 aromatic heterocycles. The highest BCUT2D eigenvalue weighted by molar-refractivity contribution is 7.89. The smallest absolute Gasteiger partial charge is 0.349 e. The summed E-state index contributed by atoms with van der Waals surface area (Å²) in [5.74, 6) is -1.72. The zero-order chi connectivity index (χ0) is 32.6. The number of hydrogen-bond acceptors (Lipinski definition) is 5. The fourth-order valence-electron chi connectivity index (χ4n) is 4.94. The van der Waals surface area contributed by atoms with Gasteiger partial charge in [0.05, 0.1) is 34.0 Å². The largest absolute Gasteiger partial charge is 0.417 e. The molecule has 1 atom stereocenters. The van der Waals surface area contributed by atoms with Crippen LogP contribution in [0.4, 0.5) is 30.7 Å². The highest BCUT2D eigenvalue weighted by Crippen LogP contribution is 2.37. The Morgan fingerprint density at radius 3 is 2.20 bits per heavy atom. The molecule has 1 aliphatic rings. The average Bonchev–Trinajstić information content (AvgIpc) is 3.51. The van der Waals surface area contributed by atoms with Crippen LogP contribution >= 0.6 is 0 Å². The van der Waals surface area contributed by atoms with Crippen LogP contribution in [-0.2, 0) is 33.7 Å². The van der Waals surface area contributed by atoms with E-state index in [1.807, 2.05) is 0 Å². The number of carbonyl (C=O) groups is 1. The molecule has 0 radical (unpaired) electrons. The molecule has 15 heteroatoms. The van der Waals surface area contributed by atoms with Gasteiger partial charge in [0.2, 0.25) is 15.9 Å². The number of carbonyl (C=O) groups excluding carboxylic acids is 1. The first-order valence-electron chi connectivity index (χ1n) is 13.4.